The molecule has 4 nitrogen and oxygen atoms in total. The van der Waals surface area contributed by atoms with Gasteiger partial charge in [-0.05, 0) is 63.8 Å². The molecule has 2 aromatic rings. The lowest BCUT2D eigenvalue weighted by Gasteiger charge is -2.20. The second-order valence-electron chi connectivity index (χ2n) is 5.96. The van der Waals surface area contributed by atoms with Crippen LogP contribution in [0.1, 0.15) is 45.4 Å². The molecule has 0 spiro atoms. The first-order valence-electron chi connectivity index (χ1n) is 7.57. The Morgan fingerprint density at radius 3 is 2.00 bits per heavy atom. The summed E-state index contributed by atoms with van der Waals surface area (Å²) < 4.78 is 0. The predicted octanol–water partition coefficient (Wildman–Crippen LogP) is 3.57. The third-order valence-corrected chi connectivity index (χ3v) is 4.81. The zero-order valence-electron chi connectivity index (χ0n) is 14.5. The van der Waals surface area contributed by atoms with Gasteiger partial charge in [-0.15, -0.1) is 0 Å². The Bertz CT molecular complexity index is 779. The normalized spacial score (nSPS) is 11.0. The van der Waals surface area contributed by atoms with Crippen LogP contribution in [0.3, 0.4) is 0 Å². The largest absolute Gasteiger partial charge is 0.505 e. The van der Waals surface area contributed by atoms with Crippen molar-refractivity contribution >= 4 is 16.7 Å². The van der Waals surface area contributed by atoms with Crippen molar-refractivity contribution in [1.82, 2.24) is 9.88 Å². The molecule has 0 saturated carbocycles. The van der Waals surface area contributed by atoms with Crippen molar-refractivity contribution in [3.63, 3.8) is 0 Å². The monoisotopic (exact) mass is 300 g/mol. The maximum atomic E-state index is 12.4. The average molecular weight is 300 g/mol. The van der Waals surface area contributed by atoms with Gasteiger partial charge in [-0.2, -0.15) is 0 Å². The zero-order valence-corrected chi connectivity index (χ0v) is 14.5. The maximum Gasteiger partial charge on any atom is 0.276 e. The van der Waals surface area contributed by atoms with Crippen LogP contribution in [0.4, 0.5) is 0 Å². The number of hydrogen-bond donors (Lipinski definition) is 1. The van der Waals surface area contributed by atoms with Gasteiger partial charge in [0.25, 0.3) is 5.91 Å². The number of amides is 1. The molecule has 1 heterocycles. The molecule has 1 amide bonds. The fraction of sp³-hybridized carbons (Fsp3) is 0.444. The van der Waals surface area contributed by atoms with Crippen molar-refractivity contribution in [3.8, 4) is 5.75 Å². The highest BCUT2D eigenvalue weighted by Gasteiger charge is 2.23. The topological polar surface area (TPSA) is 53.4 Å². The number of rotatable bonds is 2. The molecule has 1 N–H and O–H groups in total. The summed E-state index contributed by atoms with van der Waals surface area (Å²) in [5.74, 6) is -0.255. The minimum atomic E-state index is -0.250. The quantitative estimate of drug-likeness (QED) is 0.922. The molecular weight excluding hydrogens is 276 g/mol. The van der Waals surface area contributed by atoms with E-state index in [1.165, 1.54) is 5.56 Å². The molecule has 0 radical (unpaired) electrons. The molecule has 0 aliphatic heterocycles. The van der Waals surface area contributed by atoms with E-state index in [-0.39, 0.29) is 17.4 Å². The minimum Gasteiger partial charge on any atom is -0.505 e. The van der Waals surface area contributed by atoms with E-state index in [2.05, 4.69) is 11.9 Å². The first kappa shape index (κ1) is 16.3. The molecular formula is C18H24N2O2. The smallest absolute Gasteiger partial charge is 0.276 e. The Balaban J connectivity index is 2.93. The van der Waals surface area contributed by atoms with Crippen LogP contribution < -0.4 is 0 Å². The van der Waals surface area contributed by atoms with Gasteiger partial charge >= 0.3 is 0 Å². The highest BCUT2D eigenvalue weighted by atomic mass is 16.3. The number of aromatic hydroxyl groups is 1. The van der Waals surface area contributed by atoms with Crippen molar-refractivity contribution in [2.75, 3.05) is 13.6 Å². The van der Waals surface area contributed by atoms with Crippen LogP contribution in [-0.4, -0.2) is 34.5 Å². The summed E-state index contributed by atoms with van der Waals surface area (Å²) in [5, 5.41) is 12.4. The lowest BCUT2D eigenvalue weighted by molar-refractivity contribution is 0.0793. The van der Waals surface area contributed by atoms with E-state index in [0.29, 0.717) is 6.54 Å². The van der Waals surface area contributed by atoms with Gasteiger partial charge in [0, 0.05) is 30.1 Å². The Kier molecular flexibility index (Phi) is 4.14. The van der Waals surface area contributed by atoms with E-state index in [1.807, 2.05) is 34.6 Å². The molecule has 0 bridgehead atoms. The van der Waals surface area contributed by atoms with Gasteiger partial charge in [-0.1, -0.05) is 0 Å². The number of nitrogens with zero attached hydrogens (tertiary/aromatic N) is 2. The van der Waals surface area contributed by atoms with E-state index >= 15 is 0 Å². The second-order valence-corrected chi connectivity index (χ2v) is 5.96. The van der Waals surface area contributed by atoms with Crippen LogP contribution >= 0.6 is 0 Å². The van der Waals surface area contributed by atoms with Crippen molar-refractivity contribution in [3.05, 3.63) is 33.6 Å². The molecule has 0 aliphatic rings. The Morgan fingerprint density at radius 2 is 1.50 bits per heavy atom. The van der Waals surface area contributed by atoms with Crippen molar-refractivity contribution in [2.45, 2.75) is 41.5 Å². The first-order valence-corrected chi connectivity index (χ1v) is 7.57. The Hall–Kier alpha value is -2.10. The highest BCUT2D eigenvalue weighted by molar-refractivity contribution is 6.05. The molecule has 0 saturated heterocycles. The third-order valence-electron chi connectivity index (χ3n) is 4.81. The van der Waals surface area contributed by atoms with E-state index in [4.69, 9.17) is 0 Å². The van der Waals surface area contributed by atoms with Gasteiger partial charge in [-0.3, -0.25) is 4.79 Å². The lowest BCUT2D eigenvalue weighted by atomic mass is 9.90. The van der Waals surface area contributed by atoms with Crippen LogP contribution in [0.5, 0.6) is 5.75 Å². The van der Waals surface area contributed by atoms with Crippen LogP contribution in [-0.2, 0) is 0 Å². The molecule has 2 rings (SSSR count). The van der Waals surface area contributed by atoms with E-state index in [0.717, 1.165) is 33.2 Å². The summed E-state index contributed by atoms with van der Waals surface area (Å²) in [6.45, 7) is 12.5. The Labute approximate surface area is 131 Å². The molecule has 22 heavy (non-hydrogen) atoms. The zero-order chi connectivity index (χ0) is 16.8. The number of pyridine rings is 1. The van der Waals surface area contributed by atoms with Gasteiger partial charge in [0.2, 0.25) is 0 Å². The minimum absolute atomic E-state index is 0.00500. The van der Waals surface area contributed by atoms with Gasteiger partial charge in [0.05, 0.1) is 0 Å². The summed E-state index contributed by atoms with van der Waals surface area (Å²) in [4.78, 5) is 18.4. The van der Waals surface area contributed by atoms with Crippen LogP contribution in [0.15, 0.2) is 0 Å². The number of aryl methyl sites for hydroxylation is 3. The molecule has 0 fully saturated rings. The second kappa shape index (κ2) is 5.59. The summed E-state index contributed by atoms with van der Waals surface area (Å²) >= 11 is 0. The van der Waals surface area contributed by atoms with Crippen molar-refractivity contribution in [1.29, 1.82) is 0 Å². The maximum absolute atomic E-state index is 12.4. The summed E-state index contributed by atoms with van der Waals surface area (Å²) in [6.07, 6.45) is 0. The fourth-order valence-corrected chi connectivity index (χ4v) is 2.93. The first-order chi connectivity index (χ1) is 10.2. The van der Waals surface area contributed by atoms with E-state index in [1.54, 1.807) is 11.9 Å². The van der Waals surface area contributed by atoms with Crippen molar-refractivity contribution < 1.29 is 9.90 Å². The predicted molar refractivity (Wildman–Crippen MR) is 89.7 cm³/mol. The van der Waals surface area contributed by atoms with Crippen LogP contribution in [0, 0.1) is 34.6 Å². The third kappa shape index (κ3) is 2.23. The van der Waals surface area contributed by atoms with E-state index < -0.39 is 0 Å². The number of hydrogen-bond acceptors (Lipinski definition) is 3. The lowest BCUT2D eigenvalue weighted by Crippen LogP contribution is -2.27. The fourth-order valence-electron chi connectivity index (χ4n) is 2.93. The van der Waals surface area contributed by atoms with Crippen molar-refractivity contribution in [2.24, 2.45) is 0 Å². The SMILES string of the molecule is CCN(C)C(=O)c1nc(C)c2c(C)c(C)c(C)c(C)c2c1O. The van der Waals surface area contributed by atoms with Crippen LogP contribution in [0.2, 0.25) is 0 Å². The number of carbonyl (C=O) groups is 1. The summed E-state index contributed by atoms with van der Waals surface area (Å²) in [6, 6.07) is 0. The van der Waals surface area contributed by atoms with Crippen LogP contribution in [0.25, 0.3) is 10.8 Å². The molecule has 0 atom stereocenters. The number of carbonyl (C=O) groups excluding carboxylic acids is 1. The molecule has 1 aromatic heterocycles. The van der Waals surface area contributed by atoms with Gasteiger partial charge in [0.1, 0.15) is 0 Å². The molecule has 0 aliphatic carbocycles. The summed E-state index contributed by atoms with van der Waals surface area (Å²) in [5.41, 5.74) is 5.40. The molecule has 1 aromatic carbocycles. The van der Waals surface area contributed by atoms with E-state index in [9.17, 15) is 9.90 Å². The van der Waals surface area contributed by atoms with Gasteiger partial charge in [-0.25, -0.2) is 4.98 Å². The Morgan fingerprint density at radius 1 is 1.00 bits per heavy atom. The van der Waals surface area contributed by atoms with Gasteiger partial charge < -0.3 is 10.0 Å². The summed E-state index contributed by atoms with van der Waals surface area (Å²) in [7, 11) is 1.71. The molecule has 0 unspecified atom stereocenters. The molecule has 118 valence electrons. The highest BCUT2D eigenvalue weighted by Crippen LogP contribution is 2.37. The average Bonchev–Trinajstić information content (AvgIpc) is 2.50. The number of benzene rings is 1. The standard InChI is InChI=1S/C18H24N2O2/c1-8-20(7)18(22)16-17(21)15-12(5)10(3)9(2)11(4)14(15)13(6)19-16/h21H,8H2,1-7H3. The number of fused-ring (bicyclic) bond motifs is 1. The molecule has 4 heteroatoms. The number of aromatic nitrogens is 1. The van der Waals surface area contributed by atoms with Gasteiger partial charge in [0.15, 0.2) is 11.4 Å².